The van der Waals surface area contributed by atoms with Crippen molar-refractivity contribution in [3.63, 3.8) is 0 Å². The molecule has 2 aromatic carbocycles. The topological polar surface area (TPSA) is 116 Å². The van der Waals surface area contributed by atoms with Crippen LogP contribution in [0.5, 0.6) is 11.5 Å². The van der Waals surface area contributed by atoms with Crippen molar-refractivity contribution in [1.29, 1.82) is 0 Å². The highest BCUT2D eigenvalue weighted by Crippen LogP contribution is 2.38. The first-order valence-electron chi connectivity index (χ1n) is 12.5. The Morgan fingerprint density at radius 2 is 1.23 bits per heavy atom. The zero-order valence-corrected chi connectivity index (χ0v) is 25.2. The lowest BCUT2D eigenvalue weighted by Gasteiger charge is -2.25. The van der Waals surface area contributed by atoms with Gasteiger partial charge in [-0.25, -0.2) is 18.4 Å². The van der Waals surface area contributed by atoms with Gasteiger partial charge in [-0.3, -0.25) is 0 Å². The Balaban J connectivity index is 2.17. The molecule has 0 saturated carbocycles. The van der Waals surface area contributed by atoms with Crippen LogP contribution < -0.4 is 13.8 Å². The van der Waals surface area contributed by atoms with Gasteiger partial charge in [0.05, 0.1) is 34.8 Å². The van der Waals surface area contributed by atoms with Crippen molar-refractivity contribution in [1.82, 2.24) is 9.97 Å². The third-order valence-electron chi connectivity index (χ3n) is 5.87. The van der Waals surface area contributed by atoms with Crippen LogP contribution in [-0.4, -0.2) is 50.9 Å². The summed E-state index contributed by atoms with van der Waals surface area (Å²) in [5.74, 6) is -2.69. The summed E-state index contributed by atoms with van der Waals surface area (Å²) in [6.07, 6.45) is -13.3. The van der Waals surface area contributed by atoms with E-state index in [1.165, 1.54) is 0 Å². The Labute approximate surface area is 263 Å². The summed E-state index contributed by atoms with van der Waals surface area (Å²) < 4.78 is 216. The smallest absolute Gasteiger partial charge is 0.489 e. The third kappa shape index (κ3) is 10.5. The number of sulfone groups is 1. The lowest BCUT2D eigenvalue weighted by Crippen LogP contribution is -2.29. The highest BCUT2D eigenvalue weighted by Gasteiger charge is 2.49. The van der Waals surface area contributed by atoms with Gasteiger partial charge in [0, 0.05) is 24.9 Å². The van der Waals surface area contributed by atoms with Gasteiger partial charge in [-0.1, -0.05) is 0 Å². The van der Waals surface area contributed by atoms with Crippen LogP contribution in [-0.2, 0) is 51.6 Å². The molecule has 0 radical (unpaired) electrons. The second-order valence-electron chi connectivity index (χ2n) is 9.77. The SMILES string of the molecule is CS(=O)(=O)CCOc1cnc(N(Cc2cc(C(F)(F)F)cc(C(F)(F)F)c2)Cc2cc(C(F)(F)F)ccc2OS(=O)(=O)C(F)(F)F)nc1. The van der Waals surface area contributed by atoms with Crippen molar-refractivity contribution in [3.05, 3.63) is 76.6 Å². The van der Waals surface area contributed by atoms with E-state index >= 15 is 0 Å². The molecule has 3 rings (SSSR count). The lowest BCUT2D eigenvalue weighted by molar-refractivity contribution is -0.143. The van der Waals surface area contributed by atoms with Crippen molar-refractivity contribution >= 4 is 25.9 Å². The van der Waals surface area contributed by atoms with Crippen molar-refractivity contribution in [2.45, 2.75) is 37.1 Å². The molecule has 0 fully saturated rings. The van der Waals surface area contributed by atoms with E-state index in [0.717, 1.165) is 18.6 Å². The van der Waals surface area contributed by atoms with E-state index < -0.39 is 109 Å². The van der Waals surface area contributed by atoms with Gasteiger partial charge in [-0.15, -0.1) is 0 Å². The molecular weight excluding hydrogens is 730 g/mol. The third-order valence-corrected chi connectivity index (χ3v) is 7.75. The first-order valence-corrected chi connectivity index (χ1v) is 16.0. The minimum absolute atomic E-state index is 0.143. The standard InChI is InChI=1S/C25H19F12N3O6S2/c1-47(41,42)5-4-45-19-10-38-21(39-11-19)40(12-14-6-17(23(29,30)31)9-18(7-14)24(32,33)34)13-15-8-16(22(26,27)28)2-3-20(15)46-48(43,44)25(35,36)37/h2-3,6-11H,4-5,12-13H2,1H3. The first kappa shape index (κ1) is 38.4. The number of hydrogen-bond donors (Lipinski definition) is 0. The minimum atomic E-state index is -6.49. The molecule has 266 valence electrons. The number of alkyl halides is 12. The van der Waals surface area contributed by atoms with Crippen LogP contribution in [0, 0.1) is 0 Å². The minimum Gasteiger partial charge on any atom is -0.489 e. The summed E-state index contributed by atoms with van der Waals surface area (Å²) in [4.78, 5) is 8.17. The molecule has 0 bridgehead atoms. The predicted octanol–water partition coefficient (Wildman–Crippen LogP) is 6.39. The molecule has 0 aliphatic heterocycles. The van der Waals surface area contributed by atoms with Crippen LogP contribution in [0.2, 0.25) is 0 Å². The van der Waals surface area contributed by atoms with Crippen molar-refractivity contribution in [3.8, 4) is 11.5 Å². The predicted molar refractivity (Wildman–Crippen MR) is 141 cm³/mol. The van der Waals surface area contributed by atoms with Gasteiger partial charge < -0.3 is 13.8 Å². The highest BCUT2D eigenvalue weighted by atomic mass is 32.2. The number of hydrogen-bond acceptors (Lipinski definition) is 9. The maximum Gasteiger partial charge on any atom is 0.534 e. The summed E-state index contributed by atoms with van der Waals surface area (Å²) in [6.45, 7) is -2.68. The fraction of sp³-hybridized carbons (Fsp3) is 0.360. The van der Waals surface area contributed by atoms with Crippen LogP contribution in [0.25, 0.3) is 0 Å². The molecule has 0 atom stereocenters. The average Bonchev–Trinajstić information content (AvgIpc) is 2.91. The summed E-state index contributed by atoms with van der Waals surface area (Å²) in [6, 6.07) is 0.810. The van der Waals surface area contributed by atoms with E-state index in [1.807, 2.05) is 0 Å². The Hall–Kier alpha value is -4.02. The molecule has 1 heterocycles. The fourth-order valence-corrected chi connectivity index (χ4v) is 4.60. The van der Waals surface area contributed by atoms with Gasteiger partial charge in [-0.05, 0) is 42.0 Å². The van der Waals surface area contributed by atoms with E-state index in [2.05, 4.69) is 14.2 Å². The van der Waals surface area contributed by atoms with Gasteiger partial charge >= 0.3 is 34.2 Å². The van der Waals surface area contributed by atoms with Gasteiger partial charge in [0.1, 0.15) is 12.4 Å². The number of anilines is 1. The first-order chi connectivity index (χ1) is 21.7. The molecule has 0 N–H and O–H groups in total. The molecule has 48 heavy (non-hydrogen) atoms. The Morgan fingerprint density at radius 3 is 1.69 bits per heavy atom. The van der Waals surface area contributed by atoms with Crippen LogP contribution in [0.15, 0.2) is 48.8 Å². The summed E-state index contributed by atoms with van der Waals surface area (Å²) in [7, 11) is -9.98. The average molecular weight is 750 g/mol. The van der Waals surface area contributed by atoms with Gasteiger partial charge in [0.15, 0.2) is 15.6 Å². The fourth-order valence-electron chi connectivity index (χ4n) is 3.72. The van der Waals surface area contributed by atoms with E-state index in [1.54, 1.807) is 0 Å². The number of halogens is 12. The Bertz CT molecular complexity index is 1790. The van der Waals surface area contributed by atoms with E-state index in [4.69, 9.17) is 4.74 Å². The Morgan fingerprint density at radius 1 is 0.708 bits per heavy atom. The van der Waals surface area contributed by atoms with Gasteiger partial charge in [0.2, 0.25) is 5.95 Å². The van der Waals surface area contributed by atoms with Crippen molar-refractivity contribution in [2.24, 2.45) is 0 Å². The largest absolute Gasteiger partial charge is 0.534 e. The molecule has 0 saturated heterocycles. The molecule has 3 aromatic rings. The van der Waals surface area contributed by atoms with Crippen molar-refractivity contribution < 1.29 is 78.4 Å². The number of ether oxygens (including phenoxy) is 1. The summed E-state index contributed by atoms with van der Waals surface area (Å²) in [5.41, 5.74) is -13.0. The zero-order valence-electron chi connectivity index (χ0n) is 23.6. The second kappa shape index (κ2) is 13.5. The number of rotatable bonds is 11. The molecule has 0 amide bonds. The quantitative estimate of drug-likeness (QED) is 0.125. The van der Waals surface area contributed by atoms with Crippen LogP contribution >= 0.6 is 0 Å². The van der Waals surface area contributed by atoms with E-state index in [9.17, 15) is 69.5 Å². The normalized spacial score (nSPS) is 13.4. The molecule has 23 heteroatoms. The number of aromatic nitrogens is 2. The lowest BCUT2D eigenvalue weighted by atomic mass is 10.0. The van der Waals surface area contributed by atoms with Crippen LogP contribution in [0.4, 0.5) is 58.6 Å². The van der Waals surface area contributed by atoms with Crippen LogP contribution in [0.3, 0.4) is 0 Å². The maximum absolute atomic E-state index is 13.5. The zero-order chi connectivity index (χ0) is 36.5. The summed E-state index contributed by atoms with van der Waals surface area (Å²) in [5, 5.41) is 0. The number of nitrogens with zero attached hydrogens (tertiary/aromatic N) is 3. The molecular formula is C25H19F12N3O6S2. The molecule has 9 nitrogen and oxygen atoms in total. The van der Waals surface area contributed by atoms with E-state index in [0.29, 0.717) is 4.90 Å². The van der Waals surface area contributed by atoms with Gasteiger partial charge in [0.25, 0.3) is 0 Å². The monoisotopic (exact) mass is 749 g/mol. The van der Waals surface area contributed by atoms with Crippen molar-refractivity contribution in [2.75, 3.05) is 23.5 Å². The van der Waals surface area contributed by atoms with Gasteiger partial charge in [-0.2, -0.15) is 61.1 Å². The molecule has 1 aromatic heterocycles. The molecule has 0 aliphatic rings. The van der Waals surface area contributed by atoms with Crippen LogP contribution in [0.1, 0.15) is 27.8 Å². The molecule has 0 aliphatic carbocycles. The molecule has 0 spiro atoms. The van der Waals surface area contributed by atoms with E-state index in [-0.39, 0.29) is 42.1 Å². The maximum atomic E-state index is 13.5. The molecule has 0 unspecified atom stereocenters. The second-order valence-corrected chi connectivity index (χ2v) is 13.6. The number of benzene rings is 2. The highest BCUT2D eigenvalue weighted by molar-refractivity contribution is 7.90. The summed E-state index contributed by atoms with van der Waals surface area (Å²) >= 11 is 0. The Kier molecular flexibility index (Phi) is 10.8.